The molecule has 72 valence electrons. The zero-order valence-electron chi connectivity index (χ0n) is 8.25. The van der Waals surface area contributed by atoms with Crippen LogP contribution in [0.5, 0.6) is 0 Å². The van der Waals surface area contributed by atoms with Crippen LogP contribution in [0.4, 0.5) is 0 Å². The molecule has 0 aromatic heterocycles. The topological polar surface area (TPSA) is 20.3 Å². The highest BCUT2D eigenvalue weighted by atomic mass is 16.2. The second-order valence-corrected chi connectivity index (χ2v) is 3.67. The van der Waals surface area contributed by atoms with E-state index in [0.717, 1.165) is 18.9 Å². The third kappa shape index (κ3) is 3.50. The van der Waals surface area contributed by atoms with Gasteiger partial charge >= 0.3 is 0 Å². The lowest BCUT2D eigenvalue weighted by Crippen LogP contribution is -2.32. The van der Waals surface area contributed by atoms with Crippen molar-refractivity contribution < 1.29 is 4.79 Å². The number of carbonyl (C=O) groups excluding carboxylic acids is 1. The maximum Gasteiger partial charge on any atom is 0.223 e. The van der Waals surface area contributed by atoms with E-state index in [9.17, 15) is 4.79 Å². The van der Waals surface area contributed by atoms with E-state index in [1.165, 1.54) is 12.8 Å². The smallest absolute Gasteiger partial charge is 0.223 e. The highest BCUT2D eigenvalue weighted by Crippen LogP contribution is 2.29. The Morgan fingerprint density at radius 3 is 2.77 bits per heavy atom. The molecule has 0 saturated heterocycles. The predicted octanol–water partition coefficient (Wildman–Crippen LogP) is 1.66. The van der Waals surface area contributed by atoms with Crippen molar-refractivity contribution >= 4 is 5.91 Å². The first-order valence-corrected chi connectivity index (χ1v) is 4.99. The number of hydrogen-bond acceptors (Lipinski definition) is 1. The monoisotopic (exact) mass is 179 g/mol. The quantitative estimate of drug-likeness (QED) is 0.588. The molecule has 2 nitrogen and oxygen atoms in total. The van der Waals surface area contributed by atoms with Crippen molar-refractivity contribution in [3.05, 3.63) is 0 Å². The molecule has 1 fully saturated rings. The Morgan fingerprint density at radius 1 is 1.62 bits per heavy atom. The van der Waals surface area contributed by atoms with Crippen LogP contribution in [-0.2, 0) is 4.79 Å². The molecule has 0 unspecified atom stereocenters. The van der Waals surface area contributed by atoms with Crippen LogP contribution < -0.4 is 0 Å². The van der Waals surface area contributed by atoms with Crippen molar-refractivity contribution in [2.45, 2.75) is 32.6 Å². The third-order valence-corrected chi connectivity index (χ3v) is 2.27. The van der Waals surface area contributed by atoms with Crippen molar-refractivity contribution in [3.63, 3.8) is 0 Å². The van der Waals surface area contributed by atoms with Crippen molar-refractivity contribution in [3.8, 4) is 12.3 Å². The van der Waals surface area contributed by atoms with Crippen molar-refractivity contribution in [2.75, 3.05) is 13.1 Å². The van der Waals surface area contributed by atoms with E-state index in [2.05, 4.69) is 5.92 Å². The zero-order chi connectivity index (χ0) is 9.68. The van der Waals surface area contributed by atoms with Gasteiger partial charge in [-0.05, 0) is 25.2 Å². The lowest BCUT2D eigenvalue weighted by Gasteiger charge is -2.19. The molecule has 1 aliphatic rings. The van der Waals surface area contributed by atoms with Crippen molar-refractivity contribution in [1.82, 2.24) is 4.90 Å². The van der Waals surface area contributed by atoms with Crippen LogP contribution in [-0.4, -0.2) is 23.9 Å². The highest BCUT2D eigenvalue weighted by Gasteiger charge is 2.25. The summed E-state index contributed by atoms with van der Waals surface area (Å²) in [5.41, 5.74) is 0. The molecular formula is C11H17NO. The summed E-state index contributed by atoms with van der Waals surface area (Å²) >= 11 is 0. The normalized spacial score (nSPS) is 15.1. The fraction of sp³-hybridized carbons (Fsp3) is 0.727. The minimum Gasteiger partial charge on any atom is -0.331 e. The number of rotatable bonds is 5. The summed E-state index contributed by atoms with van der Waals surface area (Å²) in [4.78, 5) is 13.3. The average Bonchev–Trinajstić information content (AvgIpc) is 2.88. The zero-order valence-corrected chi connectivity index (χ0v) is 8.25. The fourth-order valence-electron chi connectivity index (χ4n) is 1.35. The maximum atomic E-state index is 11.5. The fourth-order valence-corrected chi connectivity index (χ4v) is 1.35. The summed E-state index contributed by atoms with van der Waals surface area (Å²) in [6.45, 7) is 3.38. The Hall–Kier alpha value is -0.970. The van der Waals surface area contributed by atoms with E-state index >= 15 is 0 Å². The van der Waals surface area contributed by atoms with Crippen LogP contribution >= 0.6 is 0 Å². The number of amides is 1. The SMILES string of the molecule is C#CCN(CC1CC1)C(=O)CCC. The molecule has 1 amide bonds. The van der Waals surface area contributed by atoms with Crippen LogP contribution in [0.2, 0.25) is 0 Å². The molecule has 0 atom stereocenters. The standard InChI is InChI=1S/C11H17NO/c1-3-5-11(13)12(8-4-2)9-10-6-7-10/h2,10H,3,5-9H2,1H3. The van der Waals surface area contributed by atoms with E-state index in [1.54, 1.807) is 0 Å². The van der Waals surface area contributed by atoms with E-state index in [4.69, 9.17) is 6.42 Å². The number of carbonyl (C=O) groups is 1. The van der Waals surface area contributed by atoms with Crippen LogP contribution in [0, 0.1) is 18.3 Å². The summed E-state index contributed by atoms with van der Waals surface area (Å²) in [5, 5.41) is 0. The largest absolute Gasteiger partial charge is 0.331 e. The van der Waals surface area contributed by atoms with Crippen molar-refractivity contribution in [2.24, 2.45) is 5.92 Å². The van der Waals surface area contributed by atoms with E-state index in [1.807, 2.05) is 11.8 Å². The first-order valence-electron chi connectivity index (χ1n) is 4.99. The lowest BCUT2D eigenvalue weighted by molar-refractivity contribution is -0.130. The van der Waals surface area contributed by atoms with Gasteiger partial charge in [0.25, 0.3) is 0 Å². The maximum absolute atomic E-state index is 11.5. The van der Waals surface area contributed by atoms with Gasteiger partial charge in [0.2, 0.25) is 5.91 Å². The number of hydrogen-bond donors (Lipinski definition) is 0. The minimum atomic E-state index is 0.215. The van der Waals surface area contributed by atoms with Gasteiger partial charge in [-0.15, -0.1) is 6.42 Å². The molecule has 13 heavy (non-hydrogen) atoms. The molecule has 1 saturated carbocycles. The van der Waals surface area contributed by atoms with E-state index in [0.29, 0.717) is 13.0 Å². The van der Waals surface area contributed by atoms with Gasteiger partial charge in [0, 0.05) is 13.0 Å². The molecule has 0 aliphatic heterocycles. The van der Waals surface area contributed by atoms with Crippen molar-refractivity contribution in [1.29, 1.82) is 0 Å². The predicted molar refractivity (Wildman–Crippen MR) is 53.0 cm³/mol. The molecule has 0 N–H and O–H groups in total. The summed E-state index contributed by atoms with van der Waals surface area (Å²) in [7, 11) is 0. The first-order chi connectivity index (χ1) is 6.27. The van der Waals surface area contributed by atoms with Gasteiger partial charge in [0.05, 0.1) is 6.54 Å². The number of terminal acetylenes is 1. The number of nitrogens with zero attached hydrogens (tertiary/aromatic N) is 1. The second-order valence-electron chi connectivity index (χ2n) is 3.67. The summed E-state index contributed by atoms with van der Waals surface area (Å²) in [6.07, 6.45) is 9.28. The molecule has 0 radical (unpaired) electrons. The molecule has 0 heterocycles. The summed E-state index contributed by atoms with van der Waals surface area (Å²) in [6, 6.07) is 0. The minimum absolute atomic E-state index is 0.215. The summed E-state index contributed by atoms with van der Waals surface area (Å²) < 4.78 is 0. The lowest BCUT2D eigenvalue weighted by atomic mass is 10.2. The molecule has 0 bridgehead atoms. The Bertz CT molecular complexity index is 213. The second kappa shape index (κ2) is 4.91. The van der Waals surface area contributed by atoms with Gasteiger partial charge in [-0.2, -0.15) is 0 Å². The van der Waals surface area contributed by atoms with E-state index in [-0.39, 0.29) is 5.91 Å². The third-order valence-electron chi connectivity index (χ3n) is 2.27. The van der Waals surface area contributed by atoms with Gasteiger partial charge in [0.1, 0.15) is 0 Å². The Labute approximate surface area is 80.3 Å². The van der Waals surface area contributed by atoms with Gasteiger partial charge in [0.15, 0.2) is 0 Å². The molecule has 1 rings (SSSR count). The van der Waals surface area contributed by atoms with Gasteiger partial charge in [-0.1, -0.05) is 12.8 Å². The Morgan fingerprint density at radius 2 is 2.31 bits per heavy atom. The Kier molecular flexibility index (Phi) is 3.82. The summed E-state index contributed by atoms with van der Waals surface area (Å²) in [5.74, 6) is 3.49. The molecule has 0 spiro atoms. The first kappa shape index (κ1) is 10.1. The van der Waals surface area contributed by atoms with Crippen LogP contribution in [0.15, 0.2) is 0 Å². The Balaban J connectivity index is 2.35. The molecular weight excluding hydrogens is 162 g/mol. The van der Waals surface area contributed by atoms with Gasteiger partial charge < -0.3 is 4.90 Å². The van der Waals surface area contributed by atoms with E-state index < -0.39 is 0 Å². The van der Waals surface area contributed by atoms with Crippen LogP contribution in [0.3, 0.4) is 0 Å². The molecule has 0 aromatic rings. The average molecular weight is 179 g/mol. The van der Waals surface area contributed by atoms with Gasteiger partial charge in [-0.25, -0.2) is 0 Å². The van der Waals surface area contributed by atoms with Crippen LogP contribution in [0.25, 0.3) is 0 Å². The molecule has 1 aliphatic carbocycles. The highest BCUT2D eigenvalue weighted by molar-refractivity contribution is 5.76. The molecule has 2 heteroatoms. The van der Waals surface area contributed by atoms with Gasteiger partial charge in [-0.3, -0.25) is 4.79 Å². The molecule has 0 aromatic carbocycles. The van der Waals surface area contributed by atoms with Crippen LogP contribution in [0.1, 0.15) is 32.6 Å².